The van der Waals surface area contributed by atoms with Crippen LogP contribution >= 0.6 is 0 Å². The van der Waals surface area contributed by atoms with Crippen molar-refractivity contribution in [1.82, 2.24) is 14.8 Å². The molecular formula is C23H28N4O3. The molecule has 0 spiro atoms. The Morgan fingerprint density at radius 2 is 1.73 bits per heavy atom. The summed E-state index contributed by atoms with van der Waals surface area (Å²) >= 11 is 0. The molecule has 2 aromatic carbocycles. The number of benzene rings is 2. The van der Waals surface area contributed by atoms with Gasteiger partial charge in [-0.05, 0) is 37.5 Å². The zero-order valence-electron chi connectivity index (χ0n) is 17.4. The Kier molecular flexibility index (Phi) is 6.01. The van der Waals surface area contributed by atoms with Crippen LogP contribution in [0.2, 0.25) is 0 Å². The Hall–Kier alpha value is -2.90. The summed E-state index contributed by atoms with van der Waals surface area (Å²) in [7, 11) is 3.31. The van der Waals surface area contributed by atoms with Crippen LogP contribution in [-0.4, -0.2) is 46.2 Å². The van der Waals surface area contributed by atoms with Crippen molar-refractivity contribution in [2.45, 2.75) is 43.7 Å². The van der Waals surface area contributed by atoms with Gasteiger partial charge in [0.15, 0.2) is 5.82 Å². The molecular weight excluding hydrogens is 380 g/mol. The molecule has 30 heavy (non-hydrogen) atoms. The number of ether oxygens (including phenoxy) is 2. The van der Waals surface area contributed by atoms with Gasteiger partial charge in [0.1, 0.15) is 23.0 Å². The standard InChI is InChI=1S/C23H28N4O3/c1-29-20-9-5-3-7-15(20)14-22-25-23(16-11-12-17(24)19(28)13-16)27(26-22)18-8-4-6-10-21(18)30-2/h3-10,16-17,19,28H,11-14,24H2,1-2H3/t16-,17+,19+/m0/s1. The van der Waals surface area contributed by atoms with Gasteiger partial charge < -0.3 is 20.3 Å². The van der Waals surface area contributed by atoms with Crippen LogP contribution in [0.5, 0.6) is 11.5 Å². The van der Waals surface area contributed by atoms with E-state index in [9.17, 15) is 5.11 Å². The van der Waals surface area contributed by atoms with Crippen molar-refractivity contribution < 1.29 is 14.6 Å². The maximum absolute atomic E-state index is 10.4. The number of nitrogens with two attached hydrogens (primary N) is 1. The minimum atomic E-state index is -0.538. The van der Waals surface area contributed by atoms with E-state index in [0.717, 1.165) is 41.4 Å². The Balaban J connectivity index is 1.75. The van der Waals surface area contributed by atoms with Crippen molar-refractivity contribution in [2.75, 3.05) is 14.2 Å². The molecule has 3 atom stereocenters. The van der Waals surface area contributed by atoms with Gasteiger partial charge in [-0.1, -0.05) is 30.3 Å². The summed E-state index contributed by atoms with van der Waals surface area (Å²) in [5, 5.41) is 15.2. The highest BCUT2D eigenvalue weighted by molar-refractivity contribution is 5.47. The summed E-state index contributed by atoms with van der Waals surface area (Å²) in [5.41, 5.74) is 7.88. The van der Waals surface area contributed by atoms with Crippen LogP contribution in [0, 0.1) is 0 Å². The second-order valence-corrected chi connectivity index (χ2v) is 7.70. The monoisotopic (exact) mass is 408 g/mol. The molecule has 0 saturated heterocycles. The molecule has 1 aliphatic carbocycles. The van der Waals surface area contributed by atoms with Crippen LogP contribution in [0.25, 0.3) is 5.69 Å². The highest BCUT2D eigenvalue weighted by Crippen LogP contribution is 2.34. The number of rotatable bonds is 6. The maximum Gasteiger partial charge on any atom is 0.155 e. The fourth-order valence-corrected chi connectivity index (χ4v) is 4.11. The van der Waals surface area contributed by atoms with E-state index < -0.39 is 6.10 Å². The molecule has 0 aliphatic heterocycles. The number of aliphatic hydroxyl groups excluding tert-OH is 1. The van der Waals surface area contributed by atoms with Gasteiger partial charge in [0.05, 0.1) is 20.3 Å². The van der Waals surface area contributed by atoms with Gasteiger partial charge in [0.25, 0.3) is 0 Å². The highest BCUT2D eigenvalue weighted by Gasteiger charge is 2.31. The van der Waals surface area contributed by atoms with Crippen molar-refractivity contribution in [1.29, 1.82) is 0 Å². The summed E-state index contributed by atoms with van der Waals surface area (Å²) in [5.74, 6) is 3.14. The highest BCUT2D eigenvalue weighted by atomic mass is 16.5. The zero-order valence-corrected chi connectivity index (χ0v) is 17.4. The van der Waals surface area contributed by atoms with Gasteiger partial charge in [0.2, 0.25) is 0 Å². The van der Waals surface area contributed by atoms with Crippen LogP contribution < -0.4 is 15.2 Å². The molecule has 3 aromatic rings. The summed E-state index contributed by atoms with van der Waals surface area (Å²) in [6.07, 6.45) is 2.20. The van der Waals surface area contributed by atoms with E-state index in [2.05, 4.69) is 0 Å². The number of aliphatic hydroxyl groups is 1. The van der Waals surface area contributed by atoms with Crippen molar-refractivity contribution in [3.05, 3.63) is 65.7 Å². The molecule has 3 N–H and O–H groups in total. The van der Waals surface area contributed by atoms with E-state index in [1.807, 2.05) is 53.2 Å². The normalized spacial score (nSPS) is 21.4. The molecule has 0 radical (unpaired) electrons. The maximum atomic E-state index is 10.4. The first kappa shape index (κ1) is 20.4. The molecule has 7 nitrogen and oxygen atoms in total. The SMILES string of the molecule is COc1ccccc1Cc1nc([C@H]2CC[C@@H](N)[C@H](O)C2)n(-c2ccccc2OC)n1. The number of nitrogens with zero attached hydrogens (tertiary/aromatic N) is 3. The van der Waals surface area contributed by atoms with E-state index in [-0.39, 0.29) is 12.0 Å². The third-order valence-electron chi connectivity index (χ3n) is 5.76. The summed E-state index contributed by atoms with van der Waals surface area (Å²) in [6.45, 7) is 0. The largest absolute Gasteiger partial charge is 0.496 e. The van der Waals surface area contributed by atoms with E-state index in [1.165, 1.54) is 0 Å². The van der Waals surface area contributed by atoms with Crippen LogP contribution in [-0.2, 0) is 6.42 Å². The second-order valence-electron chi connectivity index (χ2n) is 7.70. The van der Waals surface area contributed by atoms with E-state index in [1.54, 1.807) is 14.2 Å². The van der Waals surface area contributed by atoms with Crippen LogP contribution in [0.1, 0.15) is 42.4 Å². The minimum Gasteiger partial charge on any atom is -0.496 e. The van der Waals surface area contributed by atoms with Crippen molar-refractivity contribution in [3.8, 4) is 17.2 Å². The number of hydrogen-bond donors (Lipinski definition) is 2. The lowest BCUT2D eigenvalue weighted by atomic mass is 9.84. The van der Waals surface area contributed by atoms with Crippen molar-refractivity contribution >= 4 is 0 Å². The molecule has 1 saturated carbocycles. The molecule has 1 aromatic heterocycles. The average molecular weight is 409 g/mol. The fourth-order valence-electron chi connectivity index (χ4n) is 4.11. The van der Waals surface area contributed by atoms with Gasteiger partial charge in [-0.25, -0.2) is 9.67 Å². The zero-order chi connectivity index (χ0) is 21.1. The molecule has 1 fully saturated rings. The first-order chi connectivity index (χ1) is 14.6. The molecule has 0 unspecified atom stereocenters. The molecule has 0 amide bonds. The molecule has 4 rings (SSSR count). The lowest BCUT2D eigenvalue weighted by Crippen LogP contribution is -2.40. The Morgan fingerprint density at radius 1 is 1.03 bits per heavy atom. The van der Waals surface area contributed by atoms with Crippen LogP contribution in [0.4, 0.5) is 0 Å². The van der Waals surface area contributed by atoms with Gasteiger partial charge in [-0.3, -0.25) is 0 Å². The molecule has 1 heterocycles. The molecule has 158 valence electrons. The predicted molar refractivity (Wildman–Crippen MR) is 114 cm³/mol. The first-order valence-corrected chi connectivity index (χ1v) is 10.3. The quantitative estimate of drug-likeness (QED) is 0.651. The Bertz CT molecular complexity index is 1000. The third kappa shape index (κ3) is 4.04. The van der Waals surface area contributed by atoms with Gasteiger partial charge >= 0.3 is 0 Å². The Morgan fingerprint density at radius 3 is 2.47 bits per heavy atom. The van der Waals surface area contributed by atoms with Gasteiger partial charge in [-0.2, -0.15) is 5.10 Å². The second kappa shape index (κ2) is 8.85. The van der Waals surface area contributed by atoms with Crippen molar-refractivity contribution in [2.24, 2.45) is 5.73 Å². The summed E-state index contributed by atoms with van der Waals surface area (Å²) < 4.78 is 12.9. The summed E-state index contributed by atoms with van der Waals surface area (Å²) in [4.78, 5) is 4.90. The fraction of sp³-hybridized carbons (Fsp3) is 0.391. The number of aromatic nitrogens is 3. The Labute approximate surface area is 176 Å². The first-order valence-electron chi connectivity index (χ1n) is 10.3. The topological polar surface area (TPSA) is 95.4 Å². The average Bonchev–Trinajstić information content (AvgIpc) is 3.19. The number of para-hydroxylation sites is 3. The smallest absolute Gasteiger partial charge is 0.155 e. The van der Waals surface area contributed by atoms with Gasteiger partial charge in [-0.15, -0.1) is 0 Å². The number of hydrogen-bond acceptors (Lipinski definition) is 6. The van der Waals surface area contributed by atoms with E-state index in [4.69, 9.17) is 25.3 Å². The molecule has 1 aliphatic rings. The molecule has 7 heteroatoms. The minimum absolute atomic E-state index is 0.0728. The summed E-state index contributed by atoms with van der Waals surface area (Å²) in [6, 6.07) is 15.5. The lowest BCUT2D eigenvalue weighted by Gasteiger charge is -2.30. The number of methoxy groups -OCH3 is 2. The predicted octanol–water partition coefficient (Wildman–Crippen LogP) is 2.83. The van der Waals surface area contributed by atoms with Crippen LogP contribution in [0.15, 0.2) is 48.5 Å². The molecule has 0 bridgehead atoms. The van der Waals surface area contributed by atoms with E-state index >= 15 is 0 Å². The van der Waals surface area contributed by atoms with Crippen molar-refractivity contribution in [3.63, 3.8) is 0 Å². The van der Waals surface area contributed by atoms with E-state index in [0.29, 0.717) is 18.7 Å². The lowest BCUT2D eigenvalue weighted by molar-refractivity contribution is 0.0961. The van der Waals surface area contributed by atoms with Crippen LogP contribution in [0.3, 0.4) is 0 Å². The van der Waals surface area contributed by atoms with Gasteiger partial charge in [0, 0.05) is 23.9 Å². The third-order valence-corrected chi connectivity index (χ3v) is 5.76.